The zero-order valence-corrected chi connectivity index (χ0v) is 24.1. The lowest BCUT2D eigenvalue weighted by molar-refractivity contribution is -0.147. The average molecular weight is 559 g/mol. The number of aliphatic carboxylic acids is 1. The van der Waals surface area contributed by atoms with Gasteiger partial charge in [-0.3, -0.25) is 9.59 Å². The Morgan fingerprint density at radius 1 is 1.18 bits per heavy atom. The van der Waals surface area contributed by atoms with Crippen molar-refractivity contribution in [2.75, 3.05) is 13.1 Å². The molecule has 1 atom stereocenters. The van der Waals surface area contributed by atoms with Gasteiger partial charge in [0.2, 0.25) is 5.91 Å². The van der Waals surface area contributed by atoms with E-state index >= 15 is 0 Å². The van der Waals surface area contributed by atoms with Crippen LogP contribution < -0.4 is 10.9 Å². The quantitative estimate of drug-likeness (QED) is 0.413. The number of nitrogens with one attached hydrogen (secondary N) is 2. The molecule has 212 valence electrons. The summed E-state index contributed by atoms with van der Waals surface area (Å²) < 4.78 is 4.99. The number of benzene rings is 1. The number of para-hydroxylation sites is 2. The Hall–Kier alpha value is -3.73. The van der Waals surface area contributed by atoms with Crippen LogP contribution in [0.4, 0.5) is 4.79 Å². The molecule has 1 saturated heterocycles. The second kappa shape index (κ2) is 14.4. The first-order chi connectivity index (χ1) is 18.3. The number of thiophene rings is 1. The van der Waals surface area contributed by atoms with E-state index in [0.717, 1.165) is 21.8 Å². The highest BCUT2D eigenvalue weighted by molar-refractivity contribution is 7.13. The van der Waals surface area contributed by atoms with Crippen LogP contribution in [-0.4, -0.2) is 62.7 Å². The van der Waals surface area contributed by atoms with E-state index in [1.165, 1.54) is 16.2 Å². The van der Waals surface area contributed by atoms with E-state index < -0.39 is 29.6 Å². The van der Waals surface area contributed by atoms with E-state index in [2.05, 4.69) is 36.1 Å². The van der Waals surface area contributed by atoms with Gasteiger partial charge in [0, 0.05) is 6.54 Å². The predicted octanol–water partition coefficient (Wildman–Crippen LogP) is 4.90. The number of fused-ring (bicyclic) bond motifs is 1. The van der Waals surface area contributed by atoms with Crippen LogP contribution in [0.3, 0.4) is 0 Å². The van der Waals surface area contributed by atoms with E-state index in [1.54, 1.807) is 20.8 Å². The molecule has 3 heterocycles. The molecule has 1 fully saturated rings. The molecule has 3 aromatic rings. The summed E-state index contributed by atoms with van der Waals surface area (Å²) in [7, 11) is 0. The minimum atomic E-state index is -1.01. The number of H-pyrrole nitrogens is 1. The molecule has 0 aliphatic carbocycles. The molecule has 3 N–H and O–H groups in total. The first-order valence-corrected chi connectivity index (χ1v) is 13.7. The number of rotatable bonds is 4. The molecule has 4 rings (SSSR count). The summed E-state index contributed by atoms with van der Waals surface area (Å²) in [4.78, 5) is 55.3. The zero-order chi connectivity index (χ0) is 29.2. The number of carbonyl (C=O) groups excluding carboxylic acids is 2. The van der Waals surface area contributed by atoms with Crippen molar-refractivity contribution in [3.05, 3.63) is 52.1 Å². The lowest BCUT2D eigenvalue weighted by atomic mass is 10.2. The summed E-state index contributed by atoms with van der Waals surface area (Å²) in [6, 6.07) is 10.6. The van der Waals surface area contributed by atoms with Crippen LogP contribution >= 0.6 is 11.3 Å². The highest BCUT2D eigenvalue weighted by Gasteiger charge is 2.33. The summed E-state index contributed by atoms with van der Waals surface area (Å²) in [6.45, 7) is 11.8. The number of hydrogen-bond acceptors (Lipinski definition) is 7. The van der Waals surface area contributed by atoms with E-state index in [-0.39, 0.29) is 12.1 Å². The van der Waals surface area contributed by atoms with Gasteiger partial charge < -0.3 is 25.0 Å². The Balaban J connectivity index is 0.000000242. The van der Waals surface area contributed by atoms with Crippen LogP contribution in [0.2, 0.25) is 0 Å². The summed E-state index contributed by atoms with van der Waals surface area (Å²) in [5.74, 6) is -0.584. The van der Waals surface area contributed by atoms with E-state index in [9.17, 15) is 19.2 Å². The minimum absolute atomic E-state index is 0.138. The summed E-state index contributed by atoms with van der Waals surface area (Å²) in [5.41, 5.74) is 1.30. The molecule has 1 aromatic carbocycles. The Morgan fingerprint density at radius 2 is 1.85 bits per heavy atom. The van der Waals surface area contributed by atoms with Crippen LogP contribution in [0.1, 0.15) is 54.4 Å². The first kappa shape index (κ1) is 31.5. The van der Waals surface area contributed by atoms with Crippen LogP contribution in [0.25, 0.3) is 21.6 Å². The van der Waals surface area contributed by atoms with Gasteiger partial charge in [-0.05, 0) is 63.1 Å². The molecule has 1 aliphatic heterocycles. The number of alkyl carbamates (subject to hydrolysis) is 1. The number of aromatic nitrogens is 2. The molecule has 0 bridgehead atoms. The number of ether oxygens (including phenoxy) is 1. The Morgan fingerprint density at radius 3 is 2.44 bits per heavy atom. The molecule has 0 radical (unpaired) electrons. The summed E-state index contributed by atoms with van der Waals surface area (Å²) in [6.07, 6.45) is 0.426. The third kappa shape index (κ3) is 10.5. The number of likely N-dealkylation sites (tertiary alicyclic amines) is 1. The molecule has 10 nitrogen and oxygen atoms in total. The monoisotopic (exact) mass is 558 g/mol. The zero-order valence-electron chi connectivity index (χ0n) is 23.3. The molecule has 1 unspecified atom stereocenters. The third-order valence-electron chi connectivity index (χ3n) is 5.00. The van der Waals surface area contributed by atoms with Crippen molar-refractivity contribution in [2.45, 2.75) is 66.0 Å². The van der Waals surface area contributed by atoms with Gasteiger partial charge in [-0.1, -0.05) is 39.0 Å². The number of carbonyl (C=O) groups is 3. The first-order valence-electron chi connectivity index (χ1n) is 12.8. The maximum Gasteiger partial charge on any atom is 0.408 e. The van der Waals surface area contributed by atoms with Gasteiger partial charge in [0.1, 0.15) is 23.9 Å². The molecule has 39 heavy (non-hydrogen) atoms. The molecule has 11 heteroatoms. The van der Waals surface area contributed by atoms with Gasteiger partial charge >= 0.3 is 12.1 Å². The maximum atomic E-state index is 11.8. The molecule has 0 saturated carbocycles. The van der Waals surface area contributed by atoms with Crippen molar-refractivity contribution in [1.29, 1.82) is 0 Å². The van der Waals surface area contributed by atoms with Gasteiger partial charge in [0.25, 0.3) is 5.56 Å². The number of amides is 2. The number of nitrogens with zero attached hydrogens (tertiary/aromatic N) is 2. The smallest absolute Gasteiger partial charge is 0.408 e. The lowest BCUT2D eigenvalue weighted by Gasteiger charge is -2.23. The van der Waals surface area contributed by atoms with Crippen LogP contribution in [-0.2, 0) is 14.3 Å². The third-order valence-corrected chi connectivity index (χ3v) is 5.87. The largest absolute Gasteiger partial charge is 0.480 e. The summed E-state index contributed by atoms with van der Waals surface area (Å²) in [5, 5.41) is 13.2. The van der Waals surface area contributed by atoms with Gasteiger partial charge in [-0.25, -0.2) is 14.6 Å². The van der Waals surface area contributed by atoms with Crippen LogP contribution in [0.15, 0.2) is 46.6 Å². The SMILES string of the molecule is CC(C)(C)OC(=O)NCC(=O)N1CCCC1C(=O)O.CC(C)C.O=c1[nH]c2ccccc2nc1-c1cccs1. The fourth-order valence-corrected chi connectivity index (χ4v) is 4.21. The average Bonchev–Trinajstić information content (AvgIpc) is 3.54. The standard InChI is InChI=1S/C12H20N2O5.C12H8N2OS.C4H10/c1-12(2,3)19-11(18)13-7-9(15)14-6-4-5-8(14)10(16)17;15-12-11(10-6-3-7-16-10)13-8-4-1-2-5-9(8)14-12;1-4(2)3/h8H,4-7H2,1-3H3,(H,13,18)(H,16,17);1-7H,(H,14,15);4H,1-3H3. The fraction of sp³-hybridized carbons (Fsp3) is 0.464. The van der Waals surface area contributed by atoms with E-state index in [0.29, 0.717) is 25.1 Å². The highest BCUT2D eigenvalue weighted by Crippen LogP contribution is 2.21. The Labute approximate surface area is 232 Å². The van der Waals surface area contributed by atoms with Crippen molar-refractivity contribution in [3.8, 4) is 10.6 Å². The predicted molar refractivity (Wildman–Crippen MR) is 153 cm³/mol. The molecular formula is C28H38N4O6S. The van der Waals surface area contributed by atoms with Crippen LogP contribution in [0.5, 0.6) is 0 Å². The molecule has 2 amide bonds. The molecular weight excluding hydrogens is 520 g/mol. The van der Waals surface area contributed by atoms with Gasteiger partial charge in [0.15, 0.2) is 0 Å². The van der Waals surface area contributed by atoms with Gasteiger partial charge in [-0.2, -0.15) is 0 Å². The van der Waals surface area contributed by atoms with Gasteiger partial charge in [0.05, 0.1) is 15.9 Å². The fourth-order valence-electron chi connectivity index (χ4n) is 3.50. The lowest BCUT2D eigenvalue weighted by Crippen LogP contribution is -2.46. The minimum Gasteiger partial charge on any atom is -0.480 e. The number of carboxylic acid groups (broad SMARTS) is 1. The number of hydrogen-bond donors (Lipinski definition) is 3. The maximum absolute atomic E-state index is 11.8. The van der Waals surface area contributed by atoms with E-state index in [1.807, 2.05) is 41.8 Å². The van der Waals surface area contributed by atoms with Crippen molar-refractivity contribution in [2.24, 2.45) is 5.92 Å². The molecule has 1 aliphatic rings. The van der Waals surface area contributed by atoms with E-state index in [4.69, 9.17) is 9.84 Å². The van der Waals surface area contributed by atoms with Crippen LogP contribution in [0, 0.1) is 5.92 Å². The molecule has 2 aromatic heterocycles. The summed E-state index contributed by atoms with van der Waals surface area (Å²) >= 11 is 1.52. The highest BCUT2D eigenvalue weighted by atomic mass is 32.1. The Bertz CT molecular complexity index is 1290. The molecule has 0 spiro atoms. The van der Waals surface area contributed by atoms with Crippen molar-refractivity contribution in [3.63, 3.8) is 0 Å². The second-order valence-electron chi connectivity index (χ2n) is 10.6. The Kier molecular flexibility index (Phi) is 11.7. The van der Waals surface area contributed by atoms with Gasteiger partial charge in [-0.15, -0.1) is 11.3 Å². The topological polar surface area (TPSA) is 142 Å². The van der Waals surface area contributed by atoms with Crippen molar-refractivity contribution < 1.29 is 24.2 Å². The van der Waals surface area contributed by atoms with Crippen molar-refractivity contribution in [1.82, 2.24) is 20.2 Å². The second-order valence-corrected chi connectivity index (χ2v) is 11.5. The van der Waals surface area contributed by atoms with Crippen molar-refractivity contribution >= 4 is 40.3 Å². The number of aromatic amines is 1. The normalized spacial score (nSPS) is 14.6. The number of carboxylic acids is 1.